The van der Waals surface area contributed by atoms with Crippen molar-refractivity contribution < 1.29 is 93.6 Å². The number of anilines is 1. The van der Waals surface area contributed by atoms with Crippen LogP contribution >= 0.6 is 0 Å². The van der Waals surface area contributed by atoms with Crippen molar-refractivity contribution >= 4 is 11.6 Å². The Bertz CT molecular complexity index is 1000. The highest BCUT2D eigenvalue weighted by atomic mass is 19.4. The van der Waals surface area contributed by atoms with E-state index in [0.717, 1.165) is 30.6 Å². The van der Waals surface area contributed by atoms with Crippen LogP contribution in [0.5, 0.6) is 5.75 Å². The lowest BCUT2D eigenvalue weighted by molar-refractivity contribution is -0.548. The van der Waals surface area contributed by atoms with Crippen LogP contribution in [0.2, 0.25) is 0 Å². The van der Waals surface area contributed by atoms with E-state index in [4.69, 9.17) is 0 Å². The quantitative estimate of drug-likeness (QED) is 0.329. The molecule has 0 fully saturated rings. The number of carbonyl (C=O) groups is 1. The second-order valence-corrected chi connectivity index (χ2v) is 6.65. The molecule has 2 unspecified atom stereocenters. The van der Waals surface area contributed by atoms with E-state index in [0.29, 0.717) is 6.07 Å². The minimum atomic E-state index is -8.08. The zero-order chi connectivity index (χ0) is 30.4. The zero-order valence-electron chi connectivity index (χ0n) is 17.4. The summed E-state index contributed by atoms with van der Waals surface area (Å²) in [4.78, 5) is 11.8. The molecule has 22 heteroatoms. The molecule has 0 radical (unpaired) electrons. The van der Waals surface area contributed by atoms with Crippen LogP contribution in [0, 0.1) is 0 Å². The fourth-order valence-electron chi connectivity index (χ4n) is 2.11. The van der Waals surface area contributed by atoms with E-state index in [1.54, 1.807) is 0 Å². The molecule has 5 nitrogen and oxygen atoms in total. The normalized spacial score (nSPS) is 17.4. The average Bonchev–Trinajstić information content (AvgIpc) is 2.70. The van der Waals surface area contributed by atoms with Crippen molar-refractivity contribution in [1.29, 1.82) is 0 Å². The Morgan fingerprint density at radius 1 is 0.658 bits per heavy atom. The standard InChI is InChI=1S/C16H8F17NO4/c1-36-7-5-3-2-4-6(7)34-8(35)9(17,12(21,22)23)37-16(32,33)11(20,14(27,28)29)38-15(30,31)10(18,19)13(24,25)26/h2-5H,1H3,(H,34,35). The molecule has 220 valence electrons. The first kappa shape index (κ1) is 33.2. The van der Waals surface area contributed by atoms with Gasteiger partial charge in [-0.3, -0.25) is 14.3 Å². The number of halogens is 17. The van der Waals surface area contributed by atoms with E-state index in [9.17, 15) is 79.4 Å². The van der Waals surface area contributed by atoms with Gasteiger partial charge in [0.1, 0.15) is 5.75 Å². The molecule has 0 saturated heterocycles. The second kappa shape index (κ2) is 9.75. The monoisotopic (exact) mass is 601 g/mol. The van der Waals surface area contributed by atoms with Crippen LogP contribution in [0.4, 0.5) is 80.3 Å². The number of rotatable bonds is 9. The van der Waals surface area contributed by atoms with E-state index < -0.39 is 65.7 Å². The van der Waals surface area contributed by atoms with E-state index in [2.05, 4.69) is 4.74 Å². The van der Waals surface area contributed by atoms with Gasteiger partial charge < -0.3 is 10.1 Å². The molecule has 1 rings (SSSR count). The number of benzene rings is 1. The Morgan fingerprint density at radius 2 is 1.13 bits per heavy atom. The lowest BCUT2D eigenvalue weighted by Gasteiger charge is -2.40. The fraction of sp³-hybridized carbons (Fsp3) is 0.562. The van der Waals surface area contributed by atoms with Gasteiger partial charge in [0, 0.05) is 0 Å². The third-order valence-electron chi connectivity index (χ3n) is 4.01. The predicted octanol–water partition coefficient (Wildman–Crippen LogP) is 6.51. The molecule has 0 spiro atoms. The molecule has 1 aromatic carbocycles. The smallest absolute Gasteiger partial charge is 0.462 e. The van der Waals surface area contributed by atoms with Crippen LogP contribution in [-0.4, -0.2) is 61.4 Å². The number of para-hydroxylation sites is 2. The van der Waals surface area contributed by atoms with E-state index in [1.807, 2.05) is 4.74 Å². The number of carbonyl (C=O) groups excluding carboxylic acids is 1. The maximum atomic E-state index is 14.5. The molecule has 0 heterocycles. The van der Waals surface area contributed by atoms with Gasteiger partial charge in [-0.15, -0.1) is 0 Å². The van der Waals surface area contributed by atoms with Crippen molar-refractivity contribution in [3.8, 4) is 5.75 Å². The molecule has 0 saturated carbocycles. The Labute approximate surface area is 197 Å². The first-order chi connectivity index (χ1) is 16.6. The lowest BCUT2D eigenvalue weighted by Crippen LogP contribution is -2.68. The summed E-state index contributed by atoms with van der Waals surface area (Å²) in [6, 6.07) is 3.32. The lowest BCUT2D eigenvalue weighted by atomic mass is 10.2. The molecule has 1 amide bonds. The van der Waals surface area contributed by atoms with Gasteiger partial charge in [0.05, 0.1) is 12.8 Å². The van der Waals surface area contributed by atoms with E-state index in [-0.39, 0.29) is 0 Å². The minimum Gasteiger partial charge on any atom is -0.495 e. The van der Waals surface area contributed by atoms with Gasteiger partial charge in [-0.2, -0.15) is 74.6 Å². The molecule has 1 aromatic rings. The van der Waals surface area contributed by atoms with Crippen molar-refractivity contribution in [3.63, 3.8) is 0 Å². The summed E-state index contributed by atoms with van der Waals surface area (Å²) < 4.78 is 231. The summed E-state index contributed by atoms with van der Waals surface area (Å²) in [5.74, 6) is -27.0. The number of amides is 1. The Kier molecular flexibility index (Phi) is 8.54. The average molecular weight is 601 g/mol. The van der Waals surface area contributed by atoms with Crippen molar-refractivity contribution in [2.75, 3.05) is 12.4 Å². The highest BCUT2D eigenvalue weighted by molar-refractivity contribution is 5.98. The fourth-order valence-corrected chi connectivity index (χ4v) is 2.11. The maximum absolute atomic E-state index is 14.5. The van der Waals surface area contributed by atoms with Crippen LogP contribution in [0.1, 0.15) is 0 Å². The largest absolute Gasteiger partial charge is 0.495 e. The van der Waals surface area contributed by atoms with Crippen molar-refractivity contribution in [2.45, 2.75) is 48.4 Å². The third-order valence-corrected chi connectivity index (χ3v) is 4.01. The Morgan fingerprint density at radius 3 is 1.53 bits per heavy atom. The summed E-state index contributed by atoms with van der Waals surface area (Å²) in [7, 11) is 0.775. The summed E-state index contributed by atoms with van der Waals surface area (Å²) in [6.07, 6.45) is -38.7. The molecule has 0 aliphatic rings. The van der Waals surface area contributed by atoms with Crippen LogP contribution in [0.25, 0.3) is 0 Å². The number of ether oxygens (including phenoxy) is 3. The summed E-state index contributed by atoms with van der Waals surface area (Å²) >= 11 is 0. The summed E-state index contributed by atoms with van der Waals surface area (Å²) in [5.41, 5.74) is -1.03. The molecule has 2 atom stereocenters. The number of nitrogens with one attached hydrogen (secondary N) is 1. The topological polar surface area (TPSA) is 56.8 Å². The molecule has 0 aliphatic heterocycles. The Balaban J connectivity index is 3.66. The van der Waals surface area contributed by atoms with Crippen molar-refractivity contribution in [1.82, 2.24) is 0 Å². The summed E-state index contributed by atoms with van der Waals surface area (Å²) in [6.45, 7) is 0. The van der Waals surface area contributed by atoms with Gasteiger partial charge in [0.25, 0.3) is 5.91 Å². The number of methoxy groups -OCH3 is 1. The SMILES string of the molecule is COc1ccccc1NC(=O)C(F)(OC(F)(F)C(F)(OC(F)(F)C(F)(F)C(F)(F)F)C(F)(F)F)C(F)(F)F. The zero-order valence-corrected chi connectivity index (χ0v) is 17.4. The molecule has 0 aliphatic carbocycles. The predicted molar refractivity (Wildman–Crippen MR) is 84.5 cm³/mol. The van der Waals surface area contributed by atoms with Gasteiger partial charge in [-0.25, -0.2) is 0 Å². The third kappa shape index (κ3) is 5.78. The number of hydrogen-bond acceptors (Lipinski definition) is 4. The molecule has 38 heavy (non-hydrogen) atoms. The van der Waals surface area contributed by atoms with Crippen LogP contribution in [-0.2, 0) is 14.3 Å². The molecule has 0 aromatic heterocycles. The Hall–Kier alpha value is -2.78. The molecule has 0 bridgehead atoms. The summed E-state index contributed by atoms with van der Waals surface area (Å²) in [5, 5.41) is 0.835. The highest BCUT2D eigenvalue weighted by Crippen LogP contribution is 2.56. The van der Waals surface area contributed by atoms with Gasteiger partial charge in [-0.1, -0.05) is 12.1 Å². The number of alkyl halides is 17. The van der Waals surface area contributed by atoms with Gasteiger partial charge in [0.15, 0.2) is 0 Å². The van der Waals surface area contributed by atoms with Gasteiger partial charge in [-0.05, 0) is 12.1 Å². The maximum Gasteiger partial charge on any atom is 0.462 e. The van der Waals surface area contributed by atoms with E-state index >= 15 is 0 Å². The van der Waals surface area contributed by atoms with E-state index in [1.165, 1.54) is 4.74 Å². The first-order valence-corrected chi connectivity index (χ1v) is 8.67. The van der Waals surface area contributed by atoms with Crippen LogP contribution in [0.15, 0.2) is 24.3 Å². The minimum absolute atomic E-state index is 0.573. The van der Waals surface area contributed by atoms with Crippen molar-refractivity contribution in [2.24, 2.45) is 0 Å². The molecular weight excluding hydrogens is 593 g/mol. The highest BCUT2D eigenvalue weighted by Gasteiger charge is 2.85. The van der Waals surface area contributed by atoms with Gasteiger partial charge >= 0.3 is 48.4 Å². The van der Waals surface area contributed by atoms with Crippen LogP contribution in [0.3, 0.4) is 0 Å². The molecule has 1 N–H and O–H groups in total. The van der Waals surface area contributed by atoms with Crippen molar-refractivity contribution in [3.05, 3.63) is 24.3 Å². The van der Waals surface area contributed by atoms with Gasteiger partial charge in [0.2, 0.25) is 0 Å². The molecular formula is C16H8F17NO4. The number of hydrogen-bond donors (Lipinski definition) is 1. The van der Waals surface area contributed by atoms with Crippen LogP contribution < -0.4 is 10.1 Å². The first-order valence-electron chi connectivity index (χ1n) is 8.67. The second-order valence-electron chi connectivity index (χ2n) is 6.65.